The van der Waals surface area contributed by atoms with E-state index in [1.807, 2.05) is 13.8 Å². The van der Waals surface area contributed by atoms with Gasteiger partial charge in [-0.15, -0.1) is 0 Å². The Kier molecular flexibility index (Phi) is 7.80. The highest BCUT2D eigenvalue weighted by molar-refractivity contribution is 5.86. The molecule has 1 saturated carbocycles. The van der Waals surface area contributed by atoms with Crippen LogP contribution >= 0.6 is 0 Å². The fourth-order valence-electron chi connectivity index (χ4n) is 2.91. The third-order valence-electron chi connectivity index (χ3n) is 4.42. The second kappa shape index (κ2) is 9.09. The van der Waals surface area contributed by atoms with E-state index in [0.29, 0.717) is 5.57 Å². The van der Waals surface area contributed by atoms with Crippen LogP contribution in [0, 0.1) is 17.3 Å². The first-order valence-corrected chi connectivity index (χ1v) is 8.74. The average molecular weight is 324 g/mol. The van der Waals surface area contributed by atoms with Gasteiger partial charge in [0.1, 0.15) is 0 Å². The zero-order chi connectivity index (χ0) is 17.5. The fourth-order valence-corrected chi connectivity index (χ4v) is 2.91. The number of rotatable bonds is 8. The van der Waals surface area contributed by atoms with Gasteiger partial charge in [0.15, 0.2) is 0 Å². The maximum Gasteiger partial charge on any atom is 0.333 e. The SMILES string of the molecule is C=C(C)C(=O)OCC(C)(C)COC(=O)C1CCC(CCC)CC1. The Morgan fingerprint density at radius 1 is 1.09 bits per heavy atom. The van der Waals surface area contributed by atoms with Crippen molar-refractivity contribution < 1.29 is 19.1 Å². The van der Waals surface area contributed by atoms with E-state index in [2.05, 4.69) is 13.5 Å². The van der Waals surface area contributed by atoms with Crippen molar-refractivity contribution in [3.63, 3.8) is 0 Å². The molecule has 0 heterocycles. The van der Waals surface area contributed by atoms with Gasteiger partial charge < -0.3 is 9.47 Å². The van der Waals surface area contributed by atoms with Crippen LogP contribution in [0.25, 0.3) is 0 Å². The summed E-state index contributed by atoms with van der Waals surface area (Å²) in [4.78, 5) is 23.6. The number of hydrogen-bond donors (Lipinski definition) is 0. The summed E-state index contributed by atoms with van der Waals surface area (Å²) in [7, 11) is 0. The van der Waals surface area contributed by atoms with E-state index >= 15 is 0 Å². The molecule has 0 aliphatic heterocycles. The summed E-state index contributed by atoms with van der Waals surface area (Å²) in [5.74, 6) is 0.317. The second-order valence-corrected chi connectivity index (χ2v) is 7.63. The predicted molar refractivity (Wildman–Crippen MR) is 90.9 cm³/mol. The van der Waals surface area contributed by atoms with Crippen LogP contribution in [0.3, 0.4) is 0 Å². The summed E-state index contributed by atoms with van der Waals surface area (Å²) in [5.41, 5.74) is -0.0122. The molecule has 0 aromatic carbocycles. The smallest absolute Gasteiger partial charge is 0.333 e. The minimum Gasteiger partial charge on any atom is -0.465 e. The molecule has 0 aromatic rings. The van der Waals surface area contributed by atoms with Gasteiger partial charge in [-0.3, -0.25) is 4.79 Å². The number of carbonyl (C=O) groups excluding carboxylic acids is 2. The summed E-state index contributed by atoms with van der Waals surface area (Å²) in [6.07, 6.45) is 6.63. The summed E-state index contributed by atoms with van der Waals surface area (Å²) in [5, 5.41) is 0. The largest absolute Gasteiger partial charge is 0.465 e. The standard InChI is InChI=1S/C19H32O4/c1-6-7-15-8-10-16(11-9-15)18(21)23-13-19(4,5)12-22-17(20)14(2)3/h15-16H,2,6-13H2,1,3-5H3. The maximum atomic E-state index is 12.2. The van der Waals surface area contributed by atoms with E-state index in [-0.39, 0.29) is 30.5 Å². The van der Waals surface area contributed by atoms with Crippen molar-refractivity contribution in [2.75, 3.05) is 13.2 Å². The molecule has 1 rings (SSSR count). The van der Waals surface area contributed by atoms with Gasteiger partial charge in [0.2, 0.25) is 0 Å². The molecule has 4 heteroatoms. The predicted octanol–water partition coefficient (Wildman–Crippen LogP) is 4.28. The normalized spacial score (nSPS) is 21.6. The second-order valence-electron chi connectivity index (χ2n) is 7.63. The van der Waals surface area contributed by atoms with Crippen molar-refractivity contribution in [2.45, 2.75) is 66.2 Å². The van der Waals surface area contributed by atoms with Crippen molar-refractivity contribution in [3.05, 3.63) is 12.2 Å². The van der Waals surface area contributed by atoms with E-state index < -0.39 is 5.97 Å². The minimum atomic E-state index is -0.404. The first-order chi connectivity index (χ1) is 10.7. The van der Waals surface area contributed by atoms with Crippen molar-refractivity contribution in [1.29, 1.82) is 0 Å². The summed E-state index contributed by atoms with van der Waals surface area (Å²) in [6.45, 7) is 11.7. The van der Waals surface area contributed by atoms with Crippen LogP contribution in [0.2, 0.25) is 0 Å². The molecule has 0 amide bonds. The van der Waals surface area contributed by atoms with Crippen LogP contribution < -0.4 is 0 Å². The van der Waals surface area contributed by atoms with E-state index in [0.717, 1.165) is 31.6 Å². The fraction of sp³-hybridized carbons (Fsp3) is 0.789. The van der Waals surface area contributed by atoms with Crippen LogP contribution in [0.15, 0.2) is 12.2 Å². The van der Waals surface area contributed by atoms with Gasteiger partial charge in [0.25, 0.3) is 0 Å². The molecule has 1 aliphatic rings. The number of ether oxygens (including phenoxy) is 2. The summed E-state index contributed by atoms with van der Waals surface area (Å²) >= 11 is 0. The minimum absolute atomic E-state index is 0.0388. The van der Waals surface area contributed by atoms with Crippen molar-refractivity contribution >= 4 is 11.9 Å². The molecule has 0 bridgehead atoms. The molecular weight excluding hydrogens is 292 g/mol. The van der Waals surface area contributed by atoms with Crippen LogP contribution in [0.5, 0.6) is 0 Å². The molecule has 0 N–H and O–H groups in total. The molecule has 23 heavy (non-hydrogen) atoms. The molecule has 0 atom stereocenters. The van der Waals surface area contributed by atoms with E-state index in [1.165, 1.54) is 12.8 Å². The molecule has 1 fully saturated rings. The summed E-state index contributed by atoms with van der Waals surface area (Å²) < 4.78 is 10.6. The Labute approximate surface area is 140 Å². The molecular formula is C19H32O4. The number of hydrogen-bond acceptors (Lipinski definition) is 4. The lowest BCUT2D eigenvalue weighted by molar-refractivity contribution is -0.155. The lowest BCUT2D eigenvalue weighted by atomic mass is 9.80. The highest BCUT2D eigenvalue weighted by Crippen LogP contribution is 2.32. The van der Waals surface area contributed by atoms with Gasteiger partial charge in [-0.25, -0.2) is 4.79 Å². The lowest BCUT2D eigenvalue weighted by Gasteiger charge is -2.29. The van der Waals surface area contributed by atoms with Crippen molar-refractivity contribution in [3.8, 4) is 0 Å². The topological polar surface area (TPSA) is 52.6 Å². The first kappa shape index (κ1) is 19.7. The molecule has 0 aromatic heterocycles. The zero-order valence-corrected chi connectivity index (χ0v) is 15.2. The van der Waals surface area contributed by atoms with Gasteiger partial charge >= 0.3 is 11.9 Å². The highest BCUT2D eigenvalue weighted by atomic mass is 16.5. The third kappa shape index (κ3) is 7.19. The first-order valence-electron chi connectivity index (χ1n) is 8.74. The van der Waals surface area contributed by atoms with Crippen LogP contribution in [-0.2, 0) is 19.1 Å². The molecule has 0 radical (unpaired) electrons. The van der Waals surface area contributed by atoms with E-state index in [4.69, 9.17) is 9.47 Å². The number of carbonyl (C=O) groups is 2. The van der Waals surface area contributed by atoms with E-state index in [1.54, 1.807) is 6.92 Å². The van der Waals surface area contributed by atoms with Crippen molar-refractivity contribution in [2.24, 2.45) is 17.3 Å². The molecule has 1 aliphatic carbocycles. The average Bonchev–Trinajstić information content (AvgIpc) is 2.51. The Morgan fingerprint density at radius 3 is 2.17 bits per heavy atom. The highest BCUT2D eigenvalue weighted by Gasteiger charge is 2.29. The Balaban J connectivity index is 2.32. The zero-order valence-electron chi connectivity index (χ0n) is 15.2. The Morgan fingerprint density at radius 2 is 1.65 bits per heavy atom. The van der Waals surface area contributed by atoms with Gasteiger partial charge in [0.05, 0.1) is 19.1 Å². The lowest BCUT2D eigenvalue weighted by Crippen LogP contribution is -2.31. The Bertz CT molecular complexity index is 417. The van der Waals surface area contributed by atoms with Crippen LogP contribution in [0.4, 0.5) is 0 Å². The van der Waals surface area contributed by atoms with E-state index in [9.17, 15) is 9.59 Å². The third-order valence-corrected chi connectivity index (χ3v) is 4.42. The molecule has 0 unspecified atom stereocenters. The molecule has 4 nitrogen and oxygen atoms in total. The van der Waals surface area contributed by atoms with Crippen LogP contribution in [-0.4, -0.2) is 25.2 Å². The monoisotopic (exact) mass is 324 g/mol. The van der Waals surface area contributed by atoms with Gasteiger partial charge in [-0.2, -0.15) is 0 Å². The van der Waals surface area contributed by atoms with Crippen molar-refractivity contribution in [1.82, 2.24) is 0 Å². The van der Waals surface area contributed by atoms with Gasteiger partial charge in [-0.05, 0) is 38.5 Å². The molecule has 0 saturated heterocycles. The quantitative estimate of drug-likeness (QED) is 0.494. The van der Waals surface area contributed by atoms with Gasteiger partial charge in [-0.1, -0.05) is 40.2 Å². The molecule has 0 spiro atoms. The Hall–Kier alpha value is -1.32. The van der Waals surface area contributed by atoms with Gasteiger partial charge in [0, 0.05) is 11.0 Å². The number of esters is 2. The summed E-state index contributed by atoms with van der Waals surface area (Å²) in [6, 6.07) is 0. The van der Waals surface area contributed by atoms with Crippen LogP contribution in [0.1, 0.15) is 66.2 Å². The molecule has 132 valence electrons. The maximum absolute atomic E-state index is 12.2.